The summed E-state index contributed by atoms with van der Waals surface area (Å²) in [5.74, 6) is -0.00688. The molecule has 1 unspecified atom stereocenters. The molecule has 2 aromatic carbocycles. The first-order valence-corrected chi connectivity index (χ1v) is 10.5. The summed E-state index contributed by atoms with van der Waals surface area (Å²) in [5.41, 5.74) is 2.76. The Labute approximate surface area is 172 Å². The first-order chi connectivity index (χ1) is 14.2. The molecule has 0 amide bonds. The molecule has 29 heavy (non-hydrogen) atoms. The maximum atomic E-state index is 12.4. The molecule has 1 aliphatic heterocycles. The highest BCUT2D eigenvalue weighted by molar-refractivity contribution is 6.07. The third-order valence-electron chi connectivity index (χ3n) is 5.62. The number of rotatable bonds is 7. The van der Waals surface area contributed by atoms with Gasteiger partial charge in [-0.3, -0.25) is 4.79 Å². The fraction of sp³-hybridized carbons (Fsp3) is 0.320. The van der Waals surface area contributed by atoms with Crippen molar-refractivity contribution in [2.24, 2.45) is 0 Å². The fourth-order valence-corrected chi connectivity index (χ4v) is 4.15. The molecule has 2 heterocycles. The molecule has 1 saturated heterocycles. The molecule has 4 nitrogen and oxygen atoms in total. The number of hydrogen-bond donors (Lipinski definition) is 1. The molecule has 4 rings (SSSR count). The fourth-order valence-electron chi connectivity index (χ4n) is 4.15. The van der Waals surface area contributed by atoms with Crippen LogP contribution in [0.3, 0.4) is 0 Å². The van der Waals surface area contributed by atoms with Crippen LogP contribution in [-0.2, 0) is 6.54 Å². The Kier molecular flexibility index (Phi) is 6.23. The van der Waals surface area contributed by atoms with Gasteiger partial charge in [0.1, 0.15) is 0 Å². The van der Waals surface area contributed by atoms with E-state index in [4.69, 9.17) is 0 Å². The van der Waals surface area contributed by atoms with Crippen LogP contribution < -0.4 is 0 Å². The molecule has 1 N–H and O–H groups in total. The molecule has 4 heteroatoms. The average molecular weight is 389 g/mol. The first-order valence-electron chi connectivity index (χ1n) is 10.5. The van der Waals surface area contributed by atoms with Crippen LogP contribution >= 0.6 is 0 Å². The van der Waals surface area contributed by atoms with Crippen LogP contribution in [0.2, 0.25) is 0 Å². The van der Waals surface area contributed by atoms with Gasteiger partial charge in [-0.05, 0) is 44.1 Å². The summed E-state index contributed by atoms with van der Waals surface area (Å²) in [6.45, 7) is 3.43. The van der Waals surface area contributed by atoms with Crippen LogP contribution in [0.1, 0.15) is 35.2 Å². The van der Waals surface area contributed by atoms with Gasteiger partial charge in [0.2, 0.25) is 0 Å². The largest absolute Gasteiger partial charge is 0.390 e. The Hall–Kier alpha value is -2.69. The van der Waals surface area contributed by atoms with Gasteiger partial charge in [0.15, 0.2) is 5.78 Å². The minimum atomic E-state index is -0.410. The Morgan fingerprint density at radius 2 is 1.69 bits per heavy atom. The maximum Gasteiger partial charge on any atom is 0.185 e. The van der Waals surface area contributed by atoms with Crippen molar-refractivity contribution < 1.29 is 9.90 Å². The van der Waals surface area contributed by atoms with Crippen molar-refractivity contribution in [1.29, 1.82) is 0 Å². The van der Waals surface area contributed by atoms with E-state index in [-0.39, 0.29) is 5.78 Å². The molecule has 0 bridgehead atoms. The van der Waals surface area contributed by atoms with Gasteiger partial charge in [-0.25, -0.2) is 0 Å². The Morgan fingerprint density at radius 3 is 2.48 bits per heavy atom. The molecule has 1 atom stereocenters. The van der Waals surface area contributed by atoms with Crippen molar-refractivity contribution in [3.8, 4) is 0 Å². The topological polar surface area (TPSA) is 45.5 Å². The van der Waals surface area contributed by atoms with E-state index in [2.05, 4.69) is 21.6 Å². The number of aliphatic hydroxyl groups is 1. The lowest BCUT2D eigenvalue weighted by Crippen LogP contribution is -2.37. The molecule has 1 aliphatic rings. The second-order valence-corrected chi connectivity index (χ2v) is 7.83. The maximum absolute atomic E-state index is 12.4. The molecule has 0 aliphatic carbocycles. The van der Waals surface area contributed by atoms with E-state index in [1.54, 1.807) is 6.08 Å². The molecular weight excluding hydrogens is 360 g/mol. The summed E-state index contributed by atoms with van der Waals surface area (Å²) in [6.07, 6.45) is 8.89. The van der Waals surface area contributed by atoms with E-state index in [1.165, 1.54) is 19.3 Å². The number of fused-ring (bicyclic) bond motifs is 1. The smallest absolute Gasteiger partial charge is 0.185 e. The second-order valence-electron chi connectivity index (χ2n) is 7.83. The Bertz CT molecular complexity index is 984. The number of piperidine rings is 1. The molecule has 150 valence electrons. The van der Waals surface area contributed by atoms with Crippen LogP contribution in [-0.4, -0.2) is 46.1 Å². The average Bonchev–Trinajstić information content (AvgIpc) is 3.11. The first kappa shape index (κ1) is 19.6. The molecule has 1 fully saturated rings. The van der Waals surface area contributed by atoms with Crippen LogP contribution in [0.15, 0.2) is 66.9 Å². The van der Waals surface area contributed by atoms with E-state index in [9.17, 15) is 9.90 Å². The van der Waals surface area contributed by atoms with Gasteiger partial charge in [0.25, 0.3) is 0 Å². The normalized spacial score (nSPS) is 16.4. The van der Waals surface area contributed by atoms with Crippen LogP contribution in [0, 0.1) is 0 Å². The minimum Gasteiger partial charge on any atom is -0.390 e. The van der Waals surface area contributed by atoms with Crippen molar-refractivity contribution in [3.63, 3.8) is 0 Å². The molecule has 0 radical (unpaired) electrons. The Morgan fingerprint density at radius 1 is 0.966 bits per heavy atom. The van der Waals surface area contributed by atoms with E-state index in [0.717, 1.165) is 29.6 Å². The monoisotopic (exact) mass is 388 g/mol. The zero-order valence-electron chi connectivity index (χ0n) is 16.7. The number of benzene rings is 2. The zero-order chi connectivity index (χ0) is 20.1. The summed E-state index contributed by atoms with van der Waals surface area (Å²) in [4.78, 5) is 14.8. The molecule has 3 aromatic rings. The summed E-state index contributed by atoms with van der Waals surface area (Å²) in [5, 5.41) is 11.7. The van der Waals surface area contributed by atoms with Gasteiger partial charge in [0.05, 0.1) is 6.10 Å². The molecule has 1 aromatic heterocycles. The summed E-state index contributed by atoms with van der Waals surface area (Å²) < 4.78 is 2.11. The van der Waals surface area contributed by atoms with Crippen LogP contribution in [0.4, 0.5) is 0 Å². The number of carbonyl (C=O) groups is 1. The van der Waals surface area contributed by atoms with E-state index in [1.807, 2.05) is 54.7 Å². The Balaban J connectivity index is 1.52. The number of aliphatic hydroxyl groups excluding tert-OH is 1. The number of nitrogens with zero attached hydrogens (tertiary/aromatic N) is 2. The van der Waals surface area contributed by atoms with Gasteiger partial charge >= 0.3 is 0 Å². The zero-order valence-corrected chi connectivity index (χ0v) is 16.7. The van der Waals surface area contributed by atoms with Crippen molar-refractivity contribution in [2.75, 3.05) is 19.6 Å². The van der Waals surface area contributed by atoms with Gasteiger partial charge in [0, 0.05) is 41.3 Å². The highest BCUT2D eigenvalue weighted by atomic mass is 16.3. The van der Waals surface area contributed by atoms with E-state index < -0.39 is 6.10 Å². The van der Waals surface area contributed by atoms with Crippen molar-refractivity contribution >= 4 is 22.8 Å². The minimum absolute atomic E-state index is 0.00688. The highest BCUT2D eigenvalue weighted by Gasteiger charge is 2.16. The van der Waals surface area contributed by atoms with Gasteiger partial charge in [-0.1, -0.05) is 55.0 Å². The number of carbonyl (C=O) groups excluding carboxylic acids is 1. The predicted molar refractivity (Wildman–Crippen MR) is 118 cm³/mol. The highest BCUT2D eigenvalue weighted by Crippen LogP contribution is 2.23. The SMILES string of the molecule is O=C(/C=C/c1cn(CC(O)CN2CCCCC2)c2ccccc12)c1ccccc1. The number of aromatic nitrogens is 1. The summed E-state index contributed by atoms with van der Waals surface area (Å²) >= 11 is 0. The summed E-state index contributed by atoms with van der Waals surface area (Å²) in [6, 6.07) is 17.5. The molecule has 0 saturated carbocycles. The lowest BCUT2D eigenvalue weighted by atomic mass is 10.1. The second kappa shape index (κ2) is 9.21. The van der Waals surface area contributed by atoms with E-state index in [0.29, 0.717) is 18.7 Å². The number of ketones is 1. The number of hydrogen-bond acceptors (Lipinski definition) is 3. The van der Waals surface area contributed by atoms with Crippen LogP contribution in [0.5, 0.6) is 0 Å². The van der Waals surface area contributed by atoms with Crippen molar-refractivity contribution in [1.82, 2.24) is 9.47 Å². The number of β-amino-alcohol motifs (C(OH)–C–C–N with tert-alkyl or cyclic N) is 1. The van der Waals surface area contributed by atoms with Crippen molar-refractivity contribution in [2.45, 2.75) is 31.9 Å². The predicted octanol–water partition coefficient (Wildman–Crippen LogP) is 4.38. The van der Waals surface area contributed by atoms with Gasteiger partial charge in [-0.2, -0.15) is 0 Å². The lowest BCUT2D eigenvalue weighted by molar-refractivity contribution is 0.0892. The number of likely N-dealkylation sites (tertiary alicyclic amines) is 1. The standard InChI is InChI=1S/C25H28N2O2/c28-22(18-26-15-7-2-8-16-26)19-27-17-21(23-11-5-6-12-24(23)27)13-14-25(29)20-9-3-1-4-10-20/h1,3-6,9-14,17,22,28H,2,7-8,15-16,18-19H2/b14-13+. The molecular formula is C25H28N2O2. The van der Waals surface area contributed by atoms with Crippen LogP contribution in [0.25, 0.3) is 17.0 Å². The molecule has 0 spiro atoms. The van der Waals surface area contributed by atoms with Gasteiger partial charge in [-0.15, -0.1) is 0 Å². The quantitative estimate of drug-likeness (QED) is 0.482. The summed E-state index contributed by atoms with van der Waals surface area (Å²) in [7, 11) is 0. The van der Waals surface area contributed by atoms with Gasteiger partial charge < -0.3 is 14.6 Å². The third kappa shape index (κ3) is 4.84. The third-order valence-corrected chi connectivity index (χ3v) is 5.62. The number of para-hydroxylation sites is 1. The number of allylic oxidation sites excluding steroid dienone is 1. The van der Waals surface area contributed by atoms with E-state index >= 15 is 0 Å². The van der Waals surface area contributed by atoms with Crippen molar-refractivity contribution in [3.05, 3.63) is 78.0 Å². The lowest BCUT2D eigenvalue weighted by Gasteiger charge is -2.28.